The van der Waals surface area contributed by atoms with Crippen molar-refractivity contribution in [3.8, 4) is 11.5 Å². The maximum atomic E-state index is 5.97. The van der Waals surface area contributed by atoms with Gasteiger partial charge in [-0.3, -0.25) is 0 Å². The zero-order valence-corrected chi connectivity index (χ0v) is 15.3. The third kappa shape index (κ3) is 4.48. The van der Waals surface area contributed by atoms with E-state index in [-0.39, 0.29) is 0 Å². The lowest BCUT2D eigenvalue weighted by atomic mass is 10.1. The third-order valence-corrected chi connectivity index (χ3v) is 4.23. The van der Waals surface area contributed by atoms with Gasteiger partial charge in [0.05, 0.1) is 11.1 Å². The summed E-state index contributed by atoms with van der Waals surface area (Å²) >= 11 is 7.04. The van der Waals surface area contributed by atoms with E-state index in [2.05, 4.69) is 57.0 Å². The predicted molar refractivity (Wildman–Crippen MR) is 93.5 cm³/mol. The first-order valence-corrected chi connectivity index (χ1v) is 8.75. The highest BCUT2D eigenvalue weighted by molar-refractivity contribution is 9.10. The number of benzene rings is 2. The van der Waals surface area contributed by atoms with Crippen LogP contribution < -0.4 is 9.47 Å². The van der Waals surface area contributed by atoms with E-state index in [0.717, 1.165) is 32.4 Å². The Morgan fingerprint density at radius 1 is 1.05 bits per heavy atom. The molecule has 2 rings (SSSR count). The van der Waals surface area contributed by atoms with Crippen LogP contribution in [0.3, 0.4) is 0 Å². The number of ether oxygens (including phenoxy) is 2. The topological polar surface area (TPSA) is 18.5 Å². The third-order valence-electron chi connectivity index (χ3n) is 2.99. The van der Waals surface area contributed by atoms with Crippen molar-refractivity contribution in [1.29, 1.82) is 0 Å². The van der Waals surface area contributed by atoms with Gasteiger partial charge in [0.15, 0.2) is 11.5 Å². The van der Waals surface area contributed by atoms with E-state index in [1.54, 1.807) is 0 Å². The Morgan fingerprint density at radius 2 is 1.86 bits per heavy atom. The summed E-state index contributed by atoms with van der Waals surface area (Å²) in [6.07, 6.45) is 0. The fraction of sp³-hybridized carbons (Fsp3) is 0.294. The maximum absolute atomic E-state index is 5.97. The van der Waals surface area contributed by atoms with E-state index < -0.39 is 0 Å². The number of hydrogen-bond acceptors (Lipinski definition) is 2. The molecule has 21 heavy (non-hydrogen) atoms. The largest absolute Gasteiger partial charge is 0.490 e. The molecule has 0 aromatic heterocycles. The average molecular weight is 414 g/mol. The molecule has 4 heteroatoms. The van der Waals surface area contributed by atoms with Gasteiger partial charge in [-0.05, 0) is 53.0 Å². The van der Waals surface area contributed by atoms with Crippen LogP contribution in [0.5, 0.6) is 11.5 Å². The van der Waals surface area contributed by atoms with E-state index >= 15 is 0 Å². The molecule has 2 aromatic carbocycles. The molecule has 0 N–H and O–H groups in total. The second-order valence-electron chi connectivity index (χ2n) is 4.75. The maximum Gasteiger partial charge on any atom is 0.175 e. The van der Waals surface area contributed by atoms with Gasteiger partial charge in [0.25, 0.3) is 0 Å². The van der Waals surface area contributed by atoms with Gasteiger partial charge < -0.3 is 9.47 Å². The summed E-state index contributed by atoms with van der Waals surface area (Å²) in [5.74, 6) is 1.53. The molecule has 0 aliphatic rings. The Morgan fingerprint density at radius 3 is 2.52 bits per heavy atom. The van der Waals surface area contributed by atoms with Gasteiger partial charge >= 0.3 is 0 Å². The molecule has 0 spiro atoms. The highest BCUT2D eigenvalue weighted by Gasteiger charge is 2.12. The van der Waals surface area contributed by atoms with Gasteiger partial charge in [-0.25, -0.2) is 0 Å². The lowest BCUT2D eigenvalue weighted by molar-refractivity contribution is 0.267. The minimum atomic E-state index is 0.522. The Balaban J connectivity index is 2.22. The highest BCUT2D eigenvalue weighted by Crippen LogP contribution is 2.38. The van der Waals surface area contributed by atoms with Crippen LogP contribution in [0.2, 0.25) is 0 Å². The molecule has 0 amide bonds. The molecule has 0 fully saturated rings. The standard InChI is InChI=1S/C17H18Br2O2/c1-3-20-16-9-14(10-18)8-15(19)17(16)21-11-13-6-4-5-12(2)7-13/h4-9H,3,10-11H2,1-2H3. The highest BCUT2D eigenvalue weighted by atomic mass is 79.9. The lowest BCUT2D eigenvalue weighted by Gasteiger charge is -2.15. The van der Waals surface area contributed by atoms with Crippen molar-refractivity contribution >= 4 is 31.9 Å². The molecule has 0 aliphatic carbocycles. The summed E-state index contributed by atoms with van der Waals surface area (Å²) in [5.41, 5.74) is 3.52. The van der Waals surface area contributed by atoms with Crippen molar-refractivity contribution < 1.29 is 9.47 Å². The Kier molecular flexibility index (Phi) is 6.12. The van der Waals surface area contributed by atoms with Crippen LogP contribution in [-0.2, 0) is 11.9 Å². The molecule has 0 bridgehead atoms. The van der Waals surface area contributed by atoms with Gasteiger partial charge in [0.2, 0.25) is 0 Å². The molecule has 0 aliphatic heterocycles. The van der Waals surface area contributed by atoms with Gasteiger partial charge in [0, 0.05) is 5.33 Å². The van der Waals surface area contributed by atoms with Crippen molar-refractivity contribution in [1.82, 2.24) is 0 Å². The molecule has 0 atom stereocenters. The lowest BCUT2D eigenvalue weighted by Crippen LogP contribution is -2.01. The Bertz CT molecular complexity index is 612. The first-order chi connectivity index (χ1) is 10.1. The van der Waals surface area contributed by atoms with Crippen molar-refractivity contribution in [2.45, 2.75) is 25.8 Å². The van der Waals surface area contributed by atoms with Crippen LogP contribution >= 0.6 is 31.9 Å². The van der Waals surface area contributed by atoms with Crippen LogP contribution in [-0.4, -0.2) is 6.61 Å². The number of halogens is 2. The van der Waals surface area contributed by atoms with E-state index in [1.165, 1.54) is 5.56 Å². The summed E-state index contributed by atoms with van der Waals surface area (Å²) in [6, 6.07) is 12.4. The predicted octanol–water partition coefficient (Wildman–Crippen LogP) is 5.63. The Labute approximate surface area is 142 Å². The smallest absolute Gasteiger partial charge is 0.175 e. The second-order valence-corrected chi connectivity index (χ2v) is 6.16. The number of hydrogen-bond donors (Lipinski definition) is 0. The number of rotatable bonds is 6. The monoisotopic (exact) mass is 412 g/mol. The van der Waals surface area contributed by atoms with E-state index in [0.29, 0.717) is 13.2 Å². The molecule has 112 valence electrons. The fourth-order valence-corrected chi connectivity index (χ4v) is 2.99. The average Bonchev–Trinajstić information content (AvgIpc) is 2.46. The molecule has 0 unspecified atom stereocenters. The van der Waals surface area contributed by atoms with Crippen LogP contribution in [0.1, 0.15) is 23.6 Å². The second kappa shape index (κ2) is 7.85. The number of aryl methyl sites for hydroxylation is 1. The summed E-state index contributed by atoms with van der Waals surface area (Å²) in [4.78, 5) is 0. The van der Waals surface area contributed by atoms with Gasteiger partial charge in [0.1, 0.15) is 6.61 Å². The normalized spacial score (nSPS) is 10.5. The quantitative estimate of drug-likeness (QED) is 0.571. The summed E-state index contributed by atoms with van der Waals surface area (Å²) in [5, 5.41) is 0.782. The Hall–Kier alpha value is -1.00. The molecule has 2 nitrogen and oxygen atoms in total. The summed E-state index contributed by atoms with van der Waals surface area (Å²) in [7, 11) is 0. The number of alkyl halides is 1. The molecule has 0 saturated carbocycles. The van der Waals surface area contributed by atoms with Crippen molar-refractivity contribution in [3.05, 3.63) is 57.6 Å². The van der Waals surface area contributed by atoms with Crippen LogP contribution in [0.15, 0.2) is 40.9 Å². The summed E-state index contributed by atoms with van der Waals surface area (Å²) < 4.78 is 12.6. The molecule has 2 aromatic rings. The molecule has 0 heterocycles. The molecule has 0 saturated heterocycles. The zero-order chi connectivity index (χ0) is 15.2. The molecule has 0 radical (unpaired) electrons. The van der Waals surface area contributed by atoms with E-state index in [9.17, 15) is 0 Å². The fourth-order valence-electron chi connectivity index (χ4n) is 2.06. The van der Waals surface area contributed by atoms with Crippen molar-refractivity contribution in [2.75, 3.05) is 6.61 Å². The van der Waals surface area contributed by atoms with Crippen molar-refractivity contribution in [2.24, 2.45) is 0 Å². The minimum Gasteiger partial charge on any atom is -0.490 e. The van der Waals surface area contributed by atoms with Gasteiger partial charge in [-0.2, -0.15) is 0 Å². The first-order valence-electron chi connectivity index (χ1n) is 6.83. The summed E-state index contributed by atoms with van der Waals surface area (Å²) in [6.45, 7) is 5.18. The molecular weight excluding hydrogens is 396 g/mol. The SMILES string of the molecule is CCOc1cc(CBr)cc(Br)c1OCc1cccc(C)c1. The van der Waals surface area contributed by atoms with Crippen LogP contribution in [0.25, 0.3) is 0 Å². The minimum absolute atomic E-state index is 0.522. The van der Waals surface area contributed by atoms with Crippen LogP contribution in [0, 0.1) is 6.92 Å². The van der Waals surface area contributed by atoms with Gasteiger partial charge in [-0.1, -0.05) is 45.8 Å². The van der Waals surface area contributed by atoms with Gasteiger partial charge in [-0.15, -0.1) is 0 Å². The first kappa shape index (κ1) is 16.4. The molecular formula is C17H18Br2O2. The zero-order valence-electron chi connectivity index (χ0n) is 12.2. The van der Waals surface area contributed by atoms with E-state index in [4.69, 9.17) is 9.47 Å². The van der Waals surface area contributed by atoms with E-state index in [1.807, 2.05) is 25.1 Å². The van der Waals surface area contributed by atoms with Crippen molar-refractivity contribution in [3.63, 3.8) is 0 Å². The van der Waals surface area contributed by atoms with Crippen LogP contribution in [0.4, 0.5) is 0 Å².